The van der Waals surface area contributed by atoms with Crippen molar-refractivity contribution < 1.29 is 24.2 Å². The van der Waals surface area contributed by atoms with Gasteiger partial charge in [0.15, 0.2) is 0 Å². The third-order valence-electron chi connectivity index (χ3n) is 6.49. The minimum atomic E-state index is -1.30. The van der Waals surface area contributed by atoms with Crippen LogP contribution in [0.15, 0.2) is 15.8 Å². The highest BCUT2D eigenvalue weighted by Crippen LogP contribution is 2.43. The number of hydrogen-bond donors (Lipinski definition) is 4. The van der Waals surface area contributed by atoms with Gasteiger partial charge in [0.05, 0.1) is 30.3 Å². The lowest BCUT2D eigenvalue weighted by Gasteiger charge is -2.51. The molecule has 0 unspecified atom stereocenters. The summed E-state index contributed by atoms with van der Waals surface area (Å²) in [6.07, 6.45) is 2.23. The number of nitrogens with two attached hydrogens (primary N) is 1. The number of rotatable bonds is 5. The Labute approximate surface area is 190 Å². The molecule has 3 amide bonds. The van der Waals surface area contributed by atoms with Gasteiger partial charge >= 0.3 is 5.69 Å². The number of nitrogens with one attached hydrogen (secondary N) is 2. The van der Waals surface area contributed by atoms with Gasteiger partial charge in [-0.15, -0.1) is 0 Å². The van der Waals surface area contributed by atoms with Crippen molar-refractivity contribution in [2.45, 2.75) is 69.7 Å². The number of ether oxygens (including phenoxy) is 1. The molecule has 0 bridgehead atoms. The normalized spacial score (nSPS) is 25.5. The van der Waals surface area contributed by atoms with Gasteiger partial charge in [0.2, 0.25) is 17.7 Å². The largest absolute Gasteiger partial charge is 0.388 e. The fraction of sp³-hybridized carbons (Fsp3) is 0.667. The molecule has 1 spiro atoms. The molecule has 1 aromatic heterocycles. The summed E-state index contributed by atoms with van der Waals surface area (Å²) in [5.74, 6) is -1.52. The van der Waals surface area contributed by atoms with Crippen LogP contribution in [0.4, 0.5) is 0 Å². The zero-order chi connectivity index (χ0) is 24.6. The van der Waals surface area contributed by atoms with E-state index in [4.69, 9.17) is 10.5 Å². The van der Waals surface area contributed by atoms with E-state index in [1.165, 1.54) is 17.7 Å². The monoisotopic (exact) mass is 465 g/mol. The van der Waals surface area contributed by atoms with Gasteiger partial charge in [-0.3, -0.25) is 28.7 Å². The minimum absolute atomic E-state index is 0.0581. The van der Waals surface area contributed by atoms with Gasteiger partial charge in [-0.2, -0.15) is 0 Å². The van der Waals surface area contributed by atoms with Crippen molar-refractivity contribution in [3.05, 3.63) is 32.6 Å². The third-order valence-corrected chi connectivity index (χ3v) is 6.49. The van der Waals surface area contributed by atoms with Gasteiger partial charge in [0, 0.05) is 38.2 Å². The molecule has 182 valence electrons. The van der Waals surface area contributed by atoms with Gasteiger partial charge in [-0.05, 0) is 26.7 Å². The molecule has 0 aromatic carbocycles. The van der Waals surface area contributed by atoms with Crippen molar-refractivity contribution in [3.63, 3.8) is 0 Å². The van der Waals surface area contributed by atoms with Crippen LogP contribution < -0.4 is 22.3 Å². The summed E-state index contributed by atoms with van der Waals surface area (Å²) in [5, 5.41) is 13.7. The number of aryl methyl sites for hydroxylation is 1. The molecular formula is C21H31N5O7. The number of hydrogen-bond acceptors (Lipinski definition) is 7. The van der Waals surface area contributed by atoms with Crippen LogP contribution in [0.2, 0.25) is 0 Å². The second kappa shape index (κ2) is 9.10. The van der Waals surface area contributed by atoms with Crippen LogP contribution in [-0.2, 0) is 19.1 Å². The smallest absolute Gasteiger partial charge is 0.328 e. The molecule has 3 atom stereocenters. The number of H-pyrrole nitrogens is 1. The van der Waals surface area contributed by atoms with Gasteiger partial charge in [-0.1, -0.05) is 0 Å². The van der Waals surface area contributed by atoms with E-state index in [2.05, 4.69) is 10.3 Å². The molecule has 0 saturated carbocycles. The third kappa shape index (κ3) is 5.33. The molecule has 0 aliphatic carbocycles. The standard InChI is InChI=1S/C21H31N5O7/c1-12-9-26(19(31)24-17(12)29)15-10-33-21(11-20(15,3)32)4-6-25(7-5-21)18(30)14(8-16(22)28)23-13(2)27/h9,14-15,32H,4-8,10-11H2,1-3H3,(H2,22,28)(H,23,27)(H,24,29,31)/t14-,15+,20+/m1/s1. The molecule has 3 heterocycles. The summed E-state index contributed by atoms with van der Waals surface area (Å²) in [7, 11) is 0. The zero-order valence-electron chi connectivity index (χ0n) is 19.1. The van der Waals surface area contributed by atoms with E-state index in [1.54, 1.807) is 18.7 Å². The van der Waals surface area contributed by atoms with Crippen molar-refractivity contribution in [1.29, 1.82) is 0 Å². The number of amides is 3. The summed E-state index contributed by atoms with van der Waals surface area (Å²) in [4.78, 5) is 63.4. The Bertz CT molecular complexity index is 1040. The van der Waals surface area contributed by atoms with Crippen LogP contribution in [0.1, 0.15) is 51.1 Å². The van der Waals surface area contributed by atoms with Crippen molar-refractivity contribution in [2.75, 3.05) is 19.7 Å². The maximum Gasteiger partial charge on any atom is 0.328 e. The molecule has 12 nitrogen and oxygen atoms in total. The van der Waals surface area contributed by atoms with E-state index in [9.17, 15) is 29.1 Å². The van der Waals surface area contributed by atoms with Crippen molar-refractivity contribution >= 4 is 17.7 Å². The Hall–Kier alpha value is -2.99. The lowest BCUT2D eigenvalue weighted by atomic mass is 9.75. The number of primary amides is 1. The molecule has 33 heavy (non-hydrogen) atoms. The van der Waals surface area contributed by atoms with Crippen LogP contribution in [0.3, 0.4) is 0 Å². The second-order valence-corrected chi connectivity index (χ2v) is 9.27. The first-order valence-electron chi connectivity index (χ1n) is 10.9. The number of likely N-dealkylation sites (tertiary alicyclic amines) is 1. The molecule has 2 fully saturated rings. The van der Waals surface area contributed by atoms with Crippen LogP contribution in [0.25, 0.3) is 0 Å². The fourth-order valence-corrected chi connectivity index (χ4v) is 4.78. The van der Waals surface area contributed by atoms with Crippen molar-refractivity contribution in [3.8, 4) is 0 Å². The SMILES string of the molecule is CC(=O)N[C@H](CC(N)=O)C(=O)N1CCC2(CC1)C[C@](C)(O)[C@@H](n1cc(C)c(=O)[nH]c1=O)CO2. The zero-order valence-corrected chi connectivity index (χ0v) is 19.1. The molecule has 12 heteroatoms. The average Bonchev–Trinajstić information content (AvgIpc) is 2.69. The van der Waals surface area contributed by atoms with Gasteiger partial charge in [0.25, 0.3) is 5.56 Å². The maximum atomic E-state index is 12.8. The van der Waals surface area contributed by atoms with Gasteiger partial charge in [0.1, 0.15) is 6.04 Å². The van der Waals surface area contributed by atoms with E-state index in [0.29, 0.717) is 31.5 Å². The van der Waals surface area contributed by atoms with Crippen LogP contribution in [0.5, 0.6) is 0 Å². The number of piperidine rings is 1. The number of aromatic amines is 1. The molecule has 2 saturated heterocycles. The number of aliphatic hydroxyl groups is 1. The van der Waals surface area contributed by atoms with E-state index < -0.39 is 52.3 Å². The van der Waals surface area contributed by atoms with E-state index in [-0.39, 0.29) is 19.4 Å². The molecule has 0 radical (unpaired) electrons. The van der Waals surface area contributed by atoms with Crippen molar-refractivity contribution in [1.82, 2.24) is 19.8 Å². The Kier molecular flexibility index (Phi) is 6.80. The summed E-state index contributed by atoms with van der Waals surface area (Å²) in [5.41, 5.74) is 2.48. The highest BCUT2D eigenvalue weighted by molar-refractivity contribution is 5.91. The molecule has 5 N–H and O–H groups in total. The van der Waals surface area contributed by atoms with E-state index in [0.717, 1.165) is 0 Å². The second-order valence-electron chi connectivity index (χ2n) is 9.27. The highest BCUT2D eigenvalue weighted by atomic mass is 16.5. The first kappa shape index (κ1) is 24.6. The Morgan fingerprint density at radius 1 is 1.33 bits per heavy atom. The summed E-state index contributed by atoms with van der Waals surface area (Å²) in [6, 6.07) is -1.71. The quantitative estimate of drug-likeness (QED) is 0.400. The van der Waals surface area contributed by atoms with Gasteiger partial charge < -0.3 is 25.8 Å². The molecular weight excluding hydrogens is 434 g/mol. The number of carbonyl (C=O) groups is 3. The van der Waals surface area contributed by atoms with Crippen LogP contribution in [0, 0.1) is 6.92 Å². The van der Waals surface area contributed by atoms with Gasteiger partial charge in [-0.25, -0.2) is 4.79 Å². The van der Waals surface area contributed by atoms with Crippen molar-refractivity contribution in [2.24, 2.45) is 5.73 Å². The number of nitrogens with zero attached hydrogens (tertiary/aromatic N) is 2. The number of aromatic nitrogens is 2. The van der Waals surface area contributed by atoms with Crippen LogP contribution >= 0.6 is 0 Å². The predicted octanol–water partition coefficient (Wildman–Crippen LogP) is -1.70. The highest BCUT2D eigenvalue weighted by Gasteiger charge is 2.50. The Morgan fingerprint density at radius 2 is 1.97 bits per heavy atom. The Morgan fingerprint density at radius 3 is 2.52 bits per heavy atom. The number of carbonyl (C=O) groups excluding carboxylic acids is 3. The molecule has 1 aromatic rings. The minimum Gasteiger partial charge on any atom is -0.388 e. The average molecular weight is 466 g/mol. The lowest BCUT2D eigenvalue weighted by molar-refractivity contribution is -0.198. The maximum absolute atomic E-state index is 12.8. The Balaban J connectivity index is 1.70. The summed E-state index contributed by atoms with van der Waals surface area (Å²) in [6.45, 7) is 5.15. The van der Waals surface area contributed by atoms with E-state index in [1.807, 2.05) is 0 Å². The first-order chi connectivity index (χ1) is 15.3. The topological polar surface area (TPSA) is 177 Å². The predicted molar refractivity (Wildman–Crippen MR) is 116 cm³/mol. The molecule has 2 aliphatic heterocycles. The molecule has 2 aliphatic rings. The first-order valence-corrected chi connectivity index (χ1v) is 10.9. The fourth-order valence-electron chi connectivity index (χ4n) is 4.78. The lowest BCUT2D eigenvalue weighted by Crippen LogP contribution is -2.60. The summed E-state index contributed by atoms with van der Waals surface area (Å²) >= 11 is 0. The van der Waals surface area contributed by atoms with Crippen LogP contribution in [-0.4, -0.2) is 74.2 Å². The summed E-state index contributed by atoms with van der Waals surface area (Å²) < 4.78 is 7.45. The molecule has 3 rings (SSSR count). The van der Waals surface area contributed by atoms with E-state index >= 15 is 0 Å².